The molecular weight excluding hydrogens is 336 g/mol. The molecule has 0 aliphatic heterocycles. The number of benzene rings is 1. The van der Waals surface area contributed by atoms with Crippen molar-refractivity contribution in [2.24, 2.45) is 0 Å². The Morgan fingerprint density at radius 1 is 1.15 bits per heavy atom. The molecule has 0 amide bonds. The van der Waals surface area contributed by atoms with Crippen molar-refractivity contribution in [3.05, 3.63) is 53.3 Å². The fourth-order valence-electron chi connectivity index (χ4n) is 1.89. The van der Waals surface area contributed by atoms with Crippen molar-refractivity contribution in [1.29, 1.82) is 0 Å². The molecule has 0 N–H and O–H groups in total. The van der Waals surface area contributed by atoms with Crippen LogP contribution in [0.4, 0.5) is 0 Å². The first-order chi connectivity index (χ1) is 9.85. The van der Waals surface area contributed by atoms with Gasteiger partial charge >= 0.3 is 0 Å². The van der Waals surface area contributed by atoms with Crippen LogP contribution in [0.15, 0.2) is 41.9 Å². The van der Waals surface area contributed by atoms with Crippen LogP contribution in [0.3, 0.4) is 0 Å². The first-order valence-corrected chi connectivity index (χ1v) is 8.30. The summed E-state index contributed by atoms with van der Waals surface area (Å²) in [6, 6.07) is 10.2. The Hall–Kier alpha value is -1.53. The van der Waals surface area contributed by atoms with Crippen LogP contribution in [0.25, 0.3) is 10.6 Å². The molecule has 0 saturated carbocycles. The summed E-state index contributed by atoms with van der Waals surface area (Å²) in [5.74, 6) is 0. The second-order valence-electron chi connectivity index (χ2n) is 4.36. The van der Waals surface area contributed by atoms with E-state index in [0.717, 1.165) is 33.7 Å². The molecule has 6 heteroatoms. The summed E-state index contributed by atoms with van der Waals surface area (Å²) in [6.45, 7) is 0.665. The maximum absolute atomic E-state index is 4.65. The summed E-state index contributed by atoms with van der Waals surface area (Å²) in [5.41, 5.74) is 3.17. The fourth-order valence-corrected chi connectivity index (χ4v) is 3.11. The summed E-state index contributed by atoms with van der Waals surface area (Å²) in [7, 11) is 0. The minimum Gasteiger partial charge on any atom is -0.246 e. The second-order valence-corrected chi connectivity index (χ2v) is 6.01. The fraction of sp³-hybridized carbons (Fsp3) is 0.214. The van der Waals surface area contributed by atoms with Gasteiger partial charge in [-0.25, -0.2) is 9.67 Å². The lowest BCUT2D eigenvalue weighted by Gasteiger charge is -1.96. The highest BCUT2D eigenvalue weighted by molar-refractivity contribution is 9.09. The topological polar surface area (TPSA) is 43.6 Å². The zero-order chi connectivity index (χ0) is 13.8. The van der Waals surface area contributed by atoms with Crippen LogP contribution in [-0.4, -0.2) is 25.3 Å². The molecule has 4 nitrogen and oxygen atoms in total. The van der Waals surface area contributed by atoms with Crippen LogP contribution < -0.4 is 0 Å². The highest BCUT2D eigenvalue weighted by atomic mass is 79.9. The number of nitrogens with zero attached hydrogens (tertiary/aromatic N) is 4. The molecule has 1 aromatic carbocycles. The van der Waals surface area contributed by atoms with Crippen LogP contribution in [0.2, 0.25) is 0 Å². The predicted octanol–water partition coefficient (Wildman–Crippen LogP) is 3.39. The molecule has 0 saturated heterocycles. The predicted molar refractivity (Wildman–Crippen MR) is 84.2 cm³/mol. The molecule has 0 atom stereocenters. The van der Waals surface area contributed by atoms with Crippen molar-refractivity contribution in [1.82, 2.24) is 20.0 Å². The van der Waals surface area contributed by atoms with Gasteiger partial charge in [-0.3, -0.25) is 0 Å². The summed E-state index contributed by atoms with van der Waals surface area (Å²) in [6.07, 6.45) is 2.87. The molecule has 0 fully saturated rings. The molecule has 2 heterocycles. The summed E-state index contributed by atoms with van der Waals surface area (Å²) in [4.78, 5) is 4.65. The lowest BCUT2D eigenvalue weighted by Crippen LogP contribution is -2.00. The highest BCUT2D eigenvalue weighted by Gasteiger charge is 2.06. The van der Waals surface area contributed by atoms with Crippen LogP contribution in [0.5, 0.6) is 0 Å². The quantitative estimate of drug-likeness (QED) is 0.663. The Kier molecular flexibility index (Phi) is 4.22. The van der Waals surface area contributed by atoms with Crippen molar-refractivity contribution in [3.8, 4) is 10.6 Å². The third-order valence-corrected chi connectivity index (χ3v) is 4.17. The molecule has 0 aliphatic rings. The van der Waals surface area contributed by atoms with Gasteiger partial charge in [0.2, 0.25) is 0 Å². The van der Waals surface area contributed by atoms with Gasteiger partial charge in [0.15, 0.2) is 0 Å². The van der Waals surface area contributed by atoms with Crippen LogP contribution in [0, 0.1) is 0 Å². The number of hydrogen-bond acceptors (Lipinski definition) is 4. The highest BCUT2D eigenvalue weighted by Crippen LogP contribution is 2.23. The zero-order valence-corrected chi connectivity index (χ0v) is 13.1. The Morgan fingerprint density at radius 2 is 2.00 bits per heavy atom. The summed E-state index contributed by atoms with van der Waals surface area (Å²) in [5, 5.41) is 12.3. The number of alkyl halides is 1. The average molecular weight is 349 g/mol. The van der Waals surface area contributed by atoms with Crippen molar-refractivity contribution in [2.75, 3.05) is 5.33 Å². The lowest BCUT2D eigenvalue weighted by atomic mass is 10.2. The van der Waals surface area contributed by atoms with Crippen molar-refractivity contribution < 1.29 is 0 Å². The zero-order valence-electron chi connectivity index (χ0n) is 10.7. The van der Waals surface area contributed by atoms with Gasteiger partial charge in [0.25, 0.3) is 0 Å². The van der Waals surface area contributed by atoms with Gasteiger partial charge in [-0.1, -0.05) is 51.5 Å². The molecule has 3 rings (SSSR count). The Morgan fingerprint density at radius 3 is 2.80 bits per heavy atom. The van der Waals surface area contributed by atoms with E-state index >= 15 is 0 Å². The van der Waals surface area contributed by atoms with Crippen LogP contribution in [-0.2, 0) is 13.0 Å². The van der Waals surface area contributed by atoms with E-state index in [1.54, 1.807) is 11.3 Å². The summed E-state index contributed by atoms with van der Waals surface area (Å²) < 4.78 is 1.84. The van der Waals surface area contributed by atoms with E-state index in [0.29, 0.717) is 6.54 Å². The largest absolute Gasteiger partial charge is 0.246 e. The maximum Gasteiger partial charge on any atom is 0.123 e. The molecule has 2 aromatic heterocycles. The monoisotopic (exact) mass is 348 g/mol. The number of thiazole rings is 1. The number of aromatic nitrogens is 4. The van der Waals surface area contributed by atoms with E-state index in [1.807, 2.05) is 29.1 Å². The minimum absolute atomic E-state index is 0.665. The number of aryl methyl sites for hydroxylation is 1. The normalized spacial score (nSPS) is 10.8. The third kappa shape index (κ3) is 3.13. The van der Waals surface area contributed by atoms with Crippen LogP contribution >= 0.6 is 27.3 Å². The Labute approximate surface area is 129 Å². The molecule has 0 spiro atoms. The second kappa shape index (κ2) is 6.28. The Bertz CT molecular complexity index is 677. The van der Waals surface area contributed by atoms with E-state index < -0.39 is 0 Å². The van der Waals surface area contributed by atoms with E-state index in [4.69, 9.17) is 0 Å². The first-order valence-electron chi connectivity index (χ1n) is 6.30. The lowest BCUT2D eigenvalue weighted by molar-refractivity contribution is 0.641. The van der Waals surface area contributed by atoms with Gasteiger partial charge in [-0.15, -0.1) is 16.4 Å². The van der Waals surface area contributed by atoms with Gasteiger partial charge in [0.1, 0.15) is 5.01 Å². The molecular formula is C14H13BrN4S. The molecule has 0 radical (unpaired) electrons. The van der Waals surface area contributed by atoms with Gasteiger partial charge < -0.3 is 0 Å². The van der Waals surface area contributed by atoms with Crippen molar-refractivity contribution in [3.63, 3.8) is 0 Å². The van der Waals surface area contributed by atoms with Gasteiger partial charge in [0.05, 0.1) is 17.9 Å². The van der Waals surface area contributed by atoms with E-state index in [9.17, 15) is 0 Å². The SMILES string of the molecule is BrCCc1cn(Cc2csc(-c3ccccc3)n2)nn1. The minimum atomic E-state index is 0.665. The number of rotatable bonds is 5. The van der Waals surface area contributed by atoms with Crippen molar-refractivity contribution >= 4 is 27.3 Å². The van der Waals surface area contributed by atoms with Gasteiger partial charge in [0, 0.05) is 28.9 Å². The third-order valence-electron chi connectivity index (χ3n) is 2.83. The Balaban J connectivity index is 1.73. The standard InChI is InChI=1S/C14H13BrN4S/c15-7-6-12-8-19(18-17-12)9-13-10-20-14(16-13)11-4-2-1-3-5-11/h1-5,8,10H,6-7,9H2. The summed E-state index contributed by atoms with van der Waals surface area (Å²) >= 11 is 5.06. The molecule has 0 aliphatic carbocycles. The molecule has 3 aromatic rings. The number of hydrogen-bond donors (Lipinski definition) is 0. The number of halogens is 1. The van der Waals surface area contributed by atoms with Gasteiger partial charge in [-0.2, -0.15) is 0 Å². The maximum atomic E-state index is 4.65. The van der Waals surface area contributed by atoms with E-state index in [1.165, 1.54) is 0 Å². The molecule has 0 unspecified atom stereocenters. The first kappa shape index (κ1) is 13.5. The van der Waals surface area contributed by atoms with E-state index in [2.05, 4.69) is 48.7 Å². The smallest absolute Gasteiger partial charge is 0.123 e. The molecule has 0 bridgehead atoms. The van der Waals surface area contributed by atoms with Crippen LogP contribution in [0.1, 0.15) is 11.4 Å². The van der Waals surface area contributed by atoms with Gasteiger partial charge in [-0.05, 0) is 0 Å². The van der Waals surface area contributed by atoms with E-state index in [-0.39, 0.29) is 0 Å². The molecule has 20 heavy (non-hydrogen) atoms. The van der Waals surface area contributed by atoms with Crippen molar-refractivity contribution in [2.45, 2.75) is 13.0 Å². The average Bonchev–Trinajstić information content (AvgIpc) is 3.11. The molecule has 102 valence electrons.